The summed E-state index contributed by atoms with van der Waals surface area (Å²) in [6.45, 7) is 2.72. The smallest absolute Gasteiger partial charge is 0.329 e. The van der Waals surface area contributed by atoms with Crippen molar-refractivity contribution in [2.24, 2.45) is 5.73 Å². The van der Waals surface area contributed by atoms with Gasteiger partial charge in [0.2, 0.25) is 0 Å². The van der Waals surface area contributed by atoms with Crippen LogP contribution in [-0.2, 0) is 28.7 Å². The van der Waals surface area contributed by atoms with Crippen LogP contribution >= 0.6 is 7.60 Å². The van der Waals surface area contributed by atoms with Crippen LogP contribution in [0.25, 0.3) is 0 Å². The topological polar surface area (TPSA) is 84.6 Å². The quantitative estimate of drug-likeness (QED) is 0.268. The monoisotopic (exact) mass is 260 g/mol. The first-order chi connectivity index (χ1) is 5.62. The number of hydroxylamine groups is 1. The Morgan fingerprint density at radius 1 is 1.62 bits per heavy atom. The molecule has 13 heavy (non-hydrogen) atoms. The minimum Gasteiger partial charge on any atom is -0.329 e. The van der Waals surface area contributed by atoms with Crippen molar-refractivity contribution in [1.29, 1.82) is 0 Å². The molecule has 0 saturated carbocycles. The molecule has 0 amide bonds. The van der Waals surface area contributed by atoms with Gasteiger partial charge in [0.05, 0.1) is 6.16 Å². The average molecular weight is 262 g/mol. The summed E-state index contributed by atoms with van der Waals surface area (Å²) in [6, 6.07) is 0. The van der Waals surface area contributed by atoms with Crippen molar-refractivity contribution >= 4 is 7.60 Å². The molecule has 0 aliphatic carbocycles. The Balaban J connectivity index is 0. The normalized spacial score (nSPS) is 14.7. The van der Waals surface area contributed by atoms with Crippen LogP contribution < -0.4 is 11.2 Å². The molecular formula is C6H17N2O3PZn. The molecule has 0 saturated heterocycles. The molecule has 0 aromatic rings. The number of unbranched alkanes of at least 4 members (excludes halogenated alkanes) is 1. The maximum Gasteiger partial charge on any atom is 0.344 e. The van der Waals surface area contributed by atoms with Crippen molar-refractivity contribution in [2.45, 2.75) is 19.8 Å². The summed E-state index contributed by atoms with van der Waals surface area (Å²) >= 11 is 0. The summed E-state index contributed by atoms with van der Waals surface area (Å²) in [5.74, 6) is 0. The van der Waals surface area contributed by atoms with Crippen LogP contribution in [0.4, 0.5) is 0 Å². The van der Waals surface area contributed by atoms with E-state index in [0.717, 1.165) is 6.42 Å². The second-order valence-corrected chi connectivity index (χ2v) is 4.39. The second kappa shape index (κ2) is 9.26. The Labute approximate surface area is 91.7 Å². The molecule has 76 valence electrons. The minimum atomic E-state index is -3.41. The Morgan fingerprint density at radius 3 is 2.69 bits per heavy atom. The number of hydrogen-bond donors (Lipinski definition) is 3. The average Bonchev–Trinajstić information content (AvgIpc) is 2.01. The molecule has 4 N–H and O–H groups in total. The summed E-state index contributed by atoms with van der Waals surface area (Å²) in [4.78, 5) is 9.10. The molecule has 0 rings (SSSR count). The molecule has 0 spiro atoms. The number of nitrogens with one attached hydrogen (secondary N) is 1. The zero-order chi connectivity index (χ0) is 9.45. The van der Waals surface area contributed by atoms with Crippen molar-refractivity contribution in [3.8, 4) is 0 Å². The van der Waals surface area contributed by atoms with E-state index in [1.165, 1.54) is 0 Å². The van der Waals surface area contributed by atoms with Gasteiger partial charge in [-0.05, 0) is 6.42 Å². The Bertz CT molecular complexity index is 159. The van der Waals surface area contributed by atoms with Gasteiger partial charge in [0, 0.05) is 32.6 Å². The predicted octanol–water partition coefficient (Wildman–Crippen LogP) is 0.449. The predicted molar refractivity (Wildman–Crippen MR) is 47.7 cm³/mol. The zero-order valence-electron chi connectivity index (χ0n) is 8.03. The first kappa shape index (κ1) is 16.1. The Morgan fingerprint density at radius 2 is 2.23 bits per heavy atom. The van der Waals surface area contributed by atoms with E-state index in [0.29, 0.717) is 19.5 Å². The number of nitrogens with two attached hydrogens (primary N) is 1. The van der Waals surface area contributed by atoms with Crippen LogP contribution in [0.3, 0.4) is 0 Å². The van der Waals surface area contributed by atoms with Gasteiger partial charge in [0.1, 0.15) is 0 Å². The fourth-order valence-corrected chi connectivity index (χ4v) is 1.71. The van der Waals surface area contributed by atoms with Gasteiger partial charge < -0.3 is 10.6 Å². The first-order valence-corrected chi connectivity index (χ1v) is 5.82. The van der Waals surface area contributed by atoms with Crippen molar-refractivity contribution in [3.63, 3.8) is 0 Å². The molecule has 0 aliphatic rings. The molecule has 1 unspecified atom stereocenters. The molecule has 0 aromatic heterocycles. The van der Waals surface area contributed by atoms with Gasteiger partial charge in [0.25, 0.3) is 0 Å². The third-order valence-corrected chi connectivity index (χ3v) is 2.54. The van der Waals surface area contributed by atoms with Crippen LogP contribution in [0.1, 0.15) is 19.8 Å². The molecule has 0 aliphatic heterocycles. The summed E-state index contributed by atoms with van der Waals surface area (Å²) in [7, 11) is -3.41. The van der Waals surface area contributed by atoms with Crippen molar-refractivity contribution in [1.82, 2.24) is 5.48 Å². The van der Waals surface area contributed by atoms with E-state index in [9.17, 15) is 4.57 Å². The fourth-order valence-electron chi connectivity index (χ4n) is 0.609. The van der Waals surface area contributed by atoms with Crippen LogP contribution in [0, 0.1) is 0 Å². The van der Waals surface area contributed by atoms with Crippen molar-refractivity contribution < 1.29 is 33.6 Å². The van der Waals surface area contributed by atoms with Gasteiger partial charge in [-0.15, -0.1) is 0 Å². The standard InChI is InChI=1S/C6H17N2O3P.Zn/c1-2-3-6-12(9,10)11-8-5-4-7;/h8H,2-7H2,1H3,(H,9,10);. The number of rotatable bonds is 7. The van der Waals surface area contributed by atoms with E-state index >= 15 is 0 Å². The Hall–Kier alpha value is 0.693. The van der Waals surface area contributed by atoms with Gasteiger partial charge in [-0.25, -0.2) is 4.62 Å². The van der Waals surface area contributed by atoms with Gasteiger partial charge >= 0.3 is 7.60 Å². The van der Waals surface area contributed by atoms with Crippen molar-refractivity contribution in [2.75, 3.05) is 19.3 Å². The van der Waals surface area contributed by atoms with Gasteiger partial charge in [0.15, 0.2) is 0 Å². The zero-order valence-corrected chi connectivity index (χ0v) is 11.9. The minimum absolute atomic E-state index is 0. The van der Waals surface area contributed by atoms with E-state index < -0.39 is 7.60 Å². The Kier molecular flexibility index (Phi) is 11.5. The van der Waals surface area contributed by atoms with Gasteiger partial charge in [-0.2, -0.15) is 5.48 Å². The van der Waals surface area contributed by atoms with E-state index in [1.807, 2.05) is 6.92 Å². The van der Waals surface area contributed by atoms with Crippen LogP contribution in [0.5, 0.6) is 0 Å². The maximum absolute atomic E-state index is 11.1. The molecule has 7 heteroatoms. The molecule has 0 radical (unpaired) electrons. The van der Waals surface area contributed by atoms with Crippen LogP contribution in [-0.4, -0.2) is 24.1 Å². The fraction of sp³-hybridized carbons (Fsp3) is 1.00. The molecule has 0 bridgehead atoms. The number of hydrogen-bond acceptors (Lipinski definition) is 4. The third kappa shape index (κ3) is 10.6. The third-order valence-electron chi connectivity index (χ3n) is 1.25. The van der Waals surface area contributed by atoms with E-state index in [4.69, 9.17) is 10.6 Å². The summed E-state index contributed by atoms with van der Waals surface area (Å²) in [5, 5.41) is 0. The summed E-state index contributed by atoms with van der Waals surface area (Å²) in [5.41, 5.74) is 7.49. The second-order valence-electron chi connectivity index (χ2n) is 2.49. The first-order valence-electron chi connectivity index (χ1n) is 4.05. The molecule has 5 nitrogen and oxygen atoms in total. The van der Waals surface area contributed by atoms with E-state index in [-0.39, 0.29) is 25.6 Å². The van der Waals surface area contributed by atoms with Crippen molar-refractivity contribution in [3.05, 3.63) is 0 Å². The van der Waals surface area contributed by atoms with E-state index in [1.54, 1.807) is 0 Å². The molecule has 0 aromatic carbocycles. The van der Waals surface area contributed by atoms with E-state index in [2.05, 4.69) is 10.1 Å². The van der Waals surface area contributed by atoms with Gasteiger partial charge in [-0.3, -0.25) is 4.57 Å². The molecular weight excluding hydrogens is 244 g/mol. The van der Waals surface area contributed by atoms with Crippen LogP contribution in [0.2, 0.25) is 0 Å². The largest absolute Gasteiger partial charge is 0.344 e. The summed E-state index contributed by atoms with van der Waals surface area (Å²) < 4.78 is 15.6. The maximum atomic E-state index is 11.1. The molecule has 1 atom stereocenters. The van der Waals surface area contributed by atoms with Crippen LogP contribution in [0.15, 0.2) is 0 Å². The van der Waals surface area contributed by atoms with Gasteiger partial charge in [-0.1, -0.05) is 13.3 Å². The molecule has 0 heterocycles. The summed E-state index contributed by atoms with van der Waals surface area (Å²) in [6.07, 6.45) is 1.77. The SMILES string of the molecule is CCCCP(=O)(O)ONCCN.[Zn]. The molecule has 0 fully saturated rings.